The average molecular weight is 336 g/mol. The number of amides is 2. The third-order valence-electron chi connectivity index (χ3n) is 4.24. The predicted octanol–water partition coefficient (Wildman–Crippen LogP) is 1.25. The molecule has 0 radical (unpaired) electrons. The molecule has 0 atom stereocenters. The predicted molar refractivity (Wildman–Crippen MR) is 88.6 cm³/mol. The lowest BCUT2D eigenvalue weighted by atomic mass is 10.1. The maximum atomic E-state index is 12.4. The van der Waals surface area contributed by atoms with Gasteiger partial charge in [-0.15, -0.1) is 0 Å². The summed E-state index contributed by atoms with van der Waals surface area (Å²) in [6.07, 6.45) is 0. The van der Waals surface area contributed by atoms with E-state index in [1.807, 2.05) is 0 Å². The van der Waals surface area contributed by atoms with Crippen LogP contribution in [-0.2, 0) is 6.54 Å². The summed E-state index contributed by atoms with van der Waals surface area (Å²) < 4.78 is 5.97. The number of para-hydroxylation sites is 1. The number of aromatic nitrogens is 1. The Balaban J connectivity index is 1.69. The lowest BCUT2D eigenvalue weighted by Gasteiger charge is -2.15. The van der Waals surface area contributed by atoms with Crippen LogP contribution in [0.25, 0.3) is 10.9 Å². The first kappa shape index (κ1) is 15.1. The Morgan fingerprint density at radius 2 is 1.36 bits per heavy atom. The summed E-state index contributed by atoms with van der Waals surface area (Å²) in [6.45, 7) is 0.0402. The summed E-state index contributed by atoms with van der Waals surface area (Å²) in [5.41, 5.74) is 0.395. The number of hydrogen-bond acceptors (Lipinski definition) is 5. The van der Waals surface area contributed by atoms with Gasteiger partial charge in [0, 0.05) is 13.1 Å². The first-order valence-corrected chi connectivity index (χ1v) is 7.66. The fourth-order valence-electron chi connectivity index (χ4n) is 3.02. The van der Waals surface area contributed by atoms with Crippen molar-refractivity contribution in [3.05, 3.63) is 80.6 Å². The maximum absolute atomic E-state index is 12.4. The molecule has 7 nitrogen and oxygen atoms in total. The van der Waals surface area contributed by atoms with Gasteiger partial charge in [0.1, 0.15) is 0 Å². The van der Waals surface area contributed by atoms with Gasteiger partial charge in [0.2, 0.25) is 0 Å². The standard InChI is InChI=1S/C18H12N2O5/c21-15-11-5-1-2-6-12(11)16(22)20(15)10-9-19-14-8-4-3-7-13(14)17(23)25-18(19)24/h1-8H,9-10H2. The number of imide groups is 1. The molecule has 1 aromatic heterocycles. The molecular weight excluding hydrogens is 324 g/mol. The molecule has 7 heteroatoms. The zero-order valence-corrected chi connectivity index (χ0v) is 13.0. The maximum Gasteiger partial charge on any atom is 0.422 e. The molecule has 0 N–H and O–H groups in total. The van der Waals surface area contributed by atoms with Crippen LogP contribution in [0.4, 0.5) is 0 Å². The van der Waals surface area contributed by atoms with Gasteiger partial charge in [0.25, 0.3) is 11.8 Å². The van der Waals surface area contributed by atoms with Crippen molar-refractivity contribution in [3.8, 4) is 0 Å². The molecule has 1 aliphatic heterocycles. The van der Waals surface area contributed by atoms with E-state index in [2.05, 4.69) is 0 Å². The molecule has 25 heavy (non-hydrogen) atoms. The molecule has 0 saturated heterocycles. The van der Waals surface area contributed by atoms with Gasteiger partial charge in [-0.05, 0) is 24.3 Å². The van der Waals surface area contributed by atoms with Crippen molar-refractivity contribution in [2.75, 3.05) is 6.54 Å². The van der Waals surface area contributed by atoms with Crippen molar-refractivity contribution in [2.45, 2.75) is 6.54 Å². The molecule has 0 saturated carbocycles. The van der Waals surface area contributed by atoms with E-state index in [0.717, 1.165) is 4.90 Å². The van der Waals surface area contributed by atoms with E-state index in [1.54, 1.807) is 48.5 Å². The molecule has 0 bridgehead atoms. The SMILES string of the molecule is O=C1c2ccccc2C(=O)N1CCn1c(=O)oc(=O)c2ccccc21. The second-order valence-corrected chi connectivity index (χ2v) is 5.63. The lowest BCUT2D eigenvalue weighted by Crippen LogP contribution is -2.35. The Morgan fingerprint density at radius 1 is 0.760 bits per heavy atom. The second-order valence-electron chi connectivity index (χ2n) is 5.63. The van der Waals surface area contributed by atoms with E-state index in [0.29, 0.717) is 16.6 Å². The van der Waals surface area contributed by atoms with Crippen molar-refractivity contribution in [2.24, 2.45) is 0 Å². The first-order valence-electron chi connectivity index (χ1n) is 7.66. The normalized spacial score (nSPS) is 13.5. The fraction of sp³-hybridized carbons (Fsp3) is 0.111. The summed E-state index contributed by atoms with van der Waals surface area (Å²) in [5.74, 6) is -1.61. The minimum atomic E-state index is -0.819. The smallest absolute Gasteiger partial charge is 0.372 e. The molecule has 2 heterocycles. The van der Waals surface area contributed by atoms with Gasteiger partial charge in [-0.2, -0.15) is 0 Å². The van der Waals surface area contributed by atoms with Gasteiger partial charge in [-0.3, -0.25) is 19.1 Å². The van der Waals surface area contributed by atoms with Crippen LogP contribution >= 0.6 is 0 Å². The van der Waals surface area contributed by atoms with Crippen LogP contribution in [-0.4, -0.2) is 27.8 Å². The molecule has 3 aromatic rings. The summed E-state index contributed by atoms with van der Waals surface area (Å²) in [6, 6.07) is 13.1. The van der Waals surface area contributed by atoms with E-state index >= 15 is 0 Å². The molecule has 1 aliphatic rings. The van der Waals surface area contributed by atoms with Crippen molar-refractivity contribution < 1.29 is 14.0 Å². The van der Waals surface area contributed by atoms with Crippen molar-refractivity contribution in [1.82, 2.24) is 9.47 Å². The molecule has 0 spiro atoms. The molecule has 0 unspecified atom stereocenters. The van der Waals surface area contributed by atoms with Gasteiger partial charge in [-0.25, -0.2) is 9.59 Å². The van der Waals surface area contributed by atoms with Crippen LogP contribution in [0.3, 0.4) is 0 Å². The highest BCUT2D eigenvalue weighted by atomic mass is 16.4. The molecule has 0 fully saturated rings. The summed E-state index contributed by atoms with van der Waals surface area (Å²) in [7, 11) is 0. The number of benzene rings is 2. The van der Waals surface area contributed by atoms with Crippen LogP contribution in [0.2, 0.25) is 0 Å². The Bertz CT molecular complexity index is 1110. The molecule has 4 rings (SSSR count). The van der Waals surface area contributed by atoms with E-state index < -0.39 is 23.2 Å². The van der Waals surface area contributed by atoms with Gasteiger partial charge >= 0.3 is 11.4 Å². The topological polar surface area (TPSA) is 89.6 Å². The Labute approximate surface area is 140 Å². The quantitative estimate of drug-likeness (QED) is 0.672. The first-order chi connectivity index (χ1) is 12.1. The highest BCUT2D eigenvalue weighted by Gasteiger charge is 2.34. The van der Waals surface area contributed by atoms with Crippen LogP contribution < -0.4 is 11.4 Å². The summed E-state index contributed by atoms with van der Waals surface area (Å²) >= 11 is 0. The van der Waals surface area contributed by atoms with Gasteiger partial charge in [0.15, 0.2) is 0 Å². The molecule has 2 aromatic carbocycles. The zero-order valence-electron chi connectivity index (χ0n) is 13.0. The number of hydrogen-bond donors (Lipinski definition) is 0. The molecule has 124 valence electrons. The number of fused-ring (bicyclic) bond motifs is 2. The van der Waals surface area contributed by atoms with Crippen molar-refractivity contribution >= 4 is 22.7 Å². The molecule has 2 amide bonds. The average Bonchev–Trinajstić information content (AvgIpc) is 2.86. The van der Waals surface area contributed by atoms with Gasteiger partial charge < -0.3 is 4.42 Å². The van der Waals surface area contributed by atoms with Crippen LogP contribution in [0.1, 0.15) is 20.7 Å². The summed E-state index contributed by atoms with van der Waals surface area (Å²) in [5, 5.41) is 0.268. The minimum Gasteiger partial charge on any atom is -0.372 e. The van der Waals surface area contributed by atoms with Gasteiger partial charge in [-0.1, -0.05) is 24.3 Å². The van der Waals surface area contributed by atoms with Crippen LogP contribution in [0, 0.1) is 0 Å². The zero-order chi connectivity index (χ0) is 17.6. The fourth-order valence-corrected chi connectivity index (χ4v) is 3.02. The summed E-state index contributed by atoms with van der Waals surface area (Å²) in [4.78, 5) is 49.7. The van der Waals surface area contributed by atoms with E-state index in [1.165, 1.54) is 4.57 Å². The Morgan fingerprint density at radius 3 is 2.04 bits per heavy atom. The third-order valence-corrected chi connectivity index (χ3v) is 4.24. The second kappa shape index (κ2) is 5.55. The highest BCUT2D eigenvalue weighted by Crippen LogP contribution is 2.22. The van der Waals surface area contributed by atoms with Crippen molar-refractivity contribution in [1.29, 1.82) is 0 Å². The molecule has 0 aliphatic carbocycles. The highest BCUT2D eigenvalue weighted by molar-refractivity contribution is 6.21. The van der Waals surface area contributed by atoms with Gasteiger partial charge in [0.05, 0.1) is 22.0 Å². The Kier molecular flexibility index (Phi) is 3.35. The number of nitrogens with zero attached hydrogens (tertiary/aromatic N) is 2. The van der Waals surface area contributed by atoms with Crippen LogP contribution in [0.5, 0.6) is 0 Å². The third kappa shape index (κ3) is 2.28. The minimum absolute atomic E-state index is 0.00394. The number of rotatable bonds is 3. The Hall–Kier alpha value is -3.48. The number of carbonyl (C=O) groups is 2. The largest absolute Gasteiger partial charge is 0.422 e. The van der Waals surface area contributed by atoms with Crippen LogP contribution in [0.15, 0.2) is 62.5 Å². The van der Waals surface area contributed by atoms with E-state index in [-0.39, 0.29) is 18.5 Å². The van der Waals surface area contributed by atoms with E-state index in [4.69, 9.17) is 4.42 Å². The van der Waals surface area contributed by atoms with E-state index in [9.17, 15) is 19.2 Å². The monoisotopic (exact) mass is 336 g/mol. The lowest BCUT2D eigenvalue weighted by molar-refractivity contribution is 0.0648. The van der Waals surface area contributed by atoms with Crippen molar-refractivity contribution in [3.63, 3.8) is 0 Å². The number of carbonyl (C=O) groups excluding carboxylic acids is 2. The molecular formula is C18H12N2O5.